The molecule has 0 fully saturated rings. The van der Waals surface area contributed by atoms with Crippen molar-refractivity contribution < 1.29 is 31.0 Å². The van der Waals surface area contributed by atoms with E-state index in [1.165, 1.54) is 17.0 Å². The molecule has 1 atom stereocenters. The molecule has 4 N–H and O–H groups in total. The highest BCUT2D eigenvalue weighted by atomic mass is 32.2. The Labute approximate surface area is 262 Å². The van der Waals surface area contributed by atoms with E-state index in [4.69, 9.17) is 10.5 Å². The molecule has 1 heterocycles. The number of sulfonamides is 1. The first kappa shape index (κ1) is 33.9. The third-order valence-electron chi connectivity index (χ3n) is 8.27. The van der Waals surface area contributed by atoms with E-state index in [1.54, 1.807) is 0 Å². The van der Waals surface area contributed by atoms with Crippen molar-refractivity contribution in [2.75, 3.05) is 44.2 Å². The van der Waals surface area contributed by atoms with E-state index in [9.17, 15) is 21.4 Å². The molecule has 0 radical (unpaired) electrons. The van der Waals surface area contributed by atoms with E-state index in [0.717, 1.165) is 50.8 Å². The summed E-state index contributed by atoms with van der Waals surface area (Å²) in [6, 6.07) is 9.51. The highest BCUT2D eigenvalue weighted by Crippen LogP contribution is 2.46. The first-order valence-electron chi connectivity index (χ1n) is 15.3. The van der Waals surface area contributed by atoms with Gasteiger partial charge in [-0.25, -0.2) is 21.6 Å². The number of hydrogen-bond donors (Lipinski definition) is 3. The minimum Gasteiger partial charge on any atom is -0.744 e. The van der Waals surface area contributed by atoms with Gasteiger partial charge < -0.3 is 24.8 Å². The van der Waals surface area contributed by atoms with E-state index in [0.29, 0.717) is 41.2 Å². The van der Waals surface area contributed by atoms with Gasteiger partial charge in [0.25, 0.3) is 0 Å². The van der Waals surface area contributed by atoms with Crippen molar-refractivity contribution in [3.63, 3.8) is 0 Å². The number of benzene rings is 2. The lowest BCUT2D eigenvalue weighted by Gasteiger charge is -2.32. The molecule has 1 unspecified atom stereocenters. The fourth-order valence-corrected chi connectivity index (χ4v) is 7.71. The number of likely N-dealkylation sites (N-methyl/N-ethyl adjacent to an activating group) is 1. The molecule has 2 aliphatic rings. The van der Waals surface area contributed by atoms with E-state index in [2.05, 4.69) is 43.4 Å². The number of quaternary nitrogens is 1. The van der Waals surface area contributed by atoms with Gasteiger partial charge in [-0.05, 0) is 83.5 Å². The topological polar surface area (TPSA) is 146 Å². The number of ether oxygens (including phenoxy) is 1. The second kappa shape index (κ2) is 14.4. The van der Waals surface area contributed by atoms with Crippen LogP contribution in [0.15, 0.2) is 75.7 Å². The fourth-order valence-electron chi connectivity index (χ4n) is 5.82. The largest absolute Gasteiger partial charge is 0.744 e. The Morgan fingerprint density at radius 3 is 2.30 bits per heavy atom. The monoisotopic (exact) mass is 644 g/mol. The zero-order valence-electron chi connectivity index (χ0n) is 25.9. The van der Waals surface area contributed by atoms with E-state index in [1.807, 2.05) is 30.4 Å². The van der Waals surface area contributed by atoms with Gasteiger partial charge in [0.2, 0.25) is 10.0 Å². The first-order valence-corrected chi connectivity index (χ1v) is 18.2. The molecule has 12 heteroatoms. The van der Waals surface area contributed by atoms with Crippen molar-refractivity contribution in [3.8, 4) is 5.75 Å². The minimum absolute atomic E-state index is 0.0451. The molecule has 1 aliphatic heterocycles. The van der Waals surface area contributed by atoms with Crippen LogP contribution in [0.4, 0.5) is 5.69 Å². The van der Waals surface area contributed by atoms with Gasteiger partial charge in [-0.15, -0.1) is 0 Å². The maximum atomic E-state index is 13.1. The zero-order chi connectivity index (χ0) is 32.1. The molecule has 2 aromatic rings. The fraction of sp³-hybridized carbons (Fsp3) is 0.438. The summed E-state index contributed by atoms with van der Waals surface area (Å²) >= 11 is 0. The average Bonchev–Trinajstić information content (AvgIpc) is 3.00. The van der Waals surface area contributed by atoms with Gasteiger partial charge in [-0.2, -0.15) is 0 Å². The van der Waals surface area contributed by atoms with Crippen molar-refractivity contribution >= 4 is 31.4 Å². The number of fused-ring (bicyclic) bond motifs is 2. The minimum atomic E-state index is -5.09. The van der Waals surface area contributed by atoms with E-state index >= 15 is 0 Å². The predicted molar refractivity (Wildman–Crippen MR) is 172 cm³/mol. The summed E-state index contributed by atoms with van der Waals surface area (Å²) in [6.45, 7) is 12.4. The number of nitrogens with two attached hydrogens (primary N) is 1. The lowest BCUT2D eigenvalue weighted by atomic mass is 9.86. The van der Waals surface area contributed by atoms with Gasteiger partial charge in [0.05, 0.1) is 22.9 Å². The van der Waals surface area contributed by atoms with Crippen LogP contribution in [0.2, 0.25) is 0 Å². The second-order valence-electron chi connectivity index (χ2n) is 10.9. The molecule has 0 amide bonds. The maximum absolute atomic E-state index is 13.1. The summed E-state index contributed by atoms with van der Waals surface area (Å²) in [4.78, 5) is 2.62. The summed E-state index contributed by atoms with van der Waals surface area (Å²) in [5.41, 5.74) is 8.34. The summed E-state index contributed by atoms with van der Waals surface area (Å²) in [5.74, 6) is 1.11. The van der Waals surface area contributed by atoms with Crippen LogP contribution in [0.3, 0.4) is 0 Å². The van der Waals surface area contributed by atoms with Crippen LogP contribution < -0.4 is 25.0 Å². The molecule has 10 nitrogen and oxygen atoms in total. The van der Waals surface area contributed by atoms with Crippen molar-refractivity contribution in [1.82, 2.24) is 4.72 Å². The summed E-state index contributed by atoms with van der Waals surface area (Å²) in [6.07, 6.45) is 8.11. The van der Waals surface area contributed by atoms with Crippen LogP contribution in [-0.2, 0) is 20.1 Å². The van der Waals surface area contributed by atoms with Gasteiger partial charge in [0.15, 0.2) is 0 Å². The van der Waals surface area contributed by atoms with Crippen molar-refractivity contribution in [1.29, 1.82) is 0 Å². The quantitative estimate of drug-likeness (QED) is 0.198. The van der Waals surface area contributed by atoms with Gasteiger partial charge in [-0.3, -0.25) is 0 Å². The molecule has 0 saturated carbocycles. The zero-order valence-corrected chi connectivity index (χ0v) is 27.6. The lowest BCUT2D eigenvalue weighted by molar-refractivity contribution is -0.908. The molecule has 0 saturated heterocycles. The van der Waals surface area contributed by atoms with Gasteiger partial charge in [0.1, 0.15) is 27.7 Å². The van der Waals surface area contributed by atoms with Crippen molar-refractivity contribution in [3.05, 3.63) is 77.1 Å². The molecular formula is C32H44N4O6S2. The number of hydrogen-bond acceptors (Lipinski definition) is 8. The Hall–Kier alpha value is -3.00. The van der Waals surface area contributed by atoms with Gasteiger partial charge >= 0.3 is 0 Å². The van der Waals surface area contributed by atoms with Crippen LogP contribution in [0.25, 0.3) is 5.57 Å². The number of nitrogens with zero attached hydrogens (tertiary/aromatic N) is 1. The molecule has 44 heavy (non-hydrogen) atoms. The Morgan fingerprint density at radius 1 is 0.955 bits per heavy atom. The molecule has 4 rings (SSSR count). The Bertz CT molecular complexity index is 1660. The summed E-state index contributed by atoms with van der Waals surface area (Å²) in [5, 5.41) is 0. The second-order valence-corrected chi connectivity index (χ2v) is 14.0. The van der Waals surface area contributed by atoms with Crippen molar-refractivity contribution in [2.24, 2.45) is 5.73 Å². The van der Waals surface area contributed by atoms with E-state index < -0.39 is 25.0 Å². The van der Waals surface area contributed by atoms with Crippen LogP contribution in [0.1, 0.15) is 58.1 Å². The SMILES string of the molecule is CCN(CC)c1ccc2c(c1)OC1=CC([NH+](CC)CC)C=CC1=C2c1ccc(S(=O)(=O)NCCCCCN)cc1S(=O)(=O)[O-]. The number of unbranched alkanes of at least 4 members (excludes halogenated alkanes) is 2. The van der Waals surface area contributed by atoms with Crippen LogP contribution in [0, 0.1) is 0 Å². The molecule has 240 valence electrons. The number of nitrogens with one attached hydrogen (secondary N) is 2. The van der Waals surface area contributed by atoms with E-state index in [-0.39, 0.29) is 23.0 Å². The number of allylic oxidation sites excluding steroid dienone is 1. The van der Waals surface area contributed by atoms with Crippen LogP contribution in [0.5, 0.6) is 5.75 Å². The summed E-state index contributed by atoms with van der Waals surface area (Å²) < 4.78 is 73.4. The van der Waals surface area contributed by atoms with Gasteiger partial charge in [-0.1, -0.05) is 12.5 Å². The normalized spacial score (nSPS) is 16.4. The van der Waals surface area contributed by atoms with Crippen molar-refractivity contribution in [2.45, 2.75) is 62.8 Å². The predicted octanol–water partition coefficient (Wildman–Crippen LogP) is 2.79. The van der Waals surface area contributed by atoms with Crippen LogP contribution >= 0.6 is 0 Å². The number of anilines is 1. The molecule has 1 aliphatic carbocycles. The number of rotatable bonds is 15. The smallest absolute Gasteiger partial charge is 0.240 e. The van der Waals surface area contributed by atoms with Crippen LogP contribution in [-0.4, -0.2) is 66.7 Å². The highest BCUT2D eigenvalue weighted by Gasteiger charge is 2.32. The molecule has 0 spiro atoms. The Balaban J connectivity index is 1.89. The third kappa shape index (κ3) is 7.27. The lowest BCUT2D eigenvalue weighted by Crippen LogP contribution is -3.14. The third-order valence-corrected chi connectivity index (χ3v) is 10.6. The molecule has 0 aromatic heterocycles. The maximum Gasteiger partial charge on any atom is 0.240 e. The van der Waals surface area contributed by atoms with Gasteiger partial charge in [0, 0.05) is 59.7 Å². The molecular weight excluding hydrogens is 601 g/mol. The molecule has 2 aromatic carbocycles. The first-order chi connectivity index (χ1) is 21.0. The Morgan fingerprint density at radius 2 is 1.66 bits per heavy atom. The Kier molecular flexibility index (Phi) is 11.1. The molecule has 0 bridgehead atoms. The highest BCUT2D eigenvalue weighted by molar-refractivity contribution is 7.89. The summed E-state index contributed by atoms with van der Waals surface area (Å²) in [7, 11) is -9.15. The standard InChI is InChI=1S/C32H44N4O6S2/c1-5-35(6-2)23-12-15-26-29(20-23)42-30-21-24(36(7-3)8-4)13-16-27(30)32(26)28-17-14-25(22-31(28)44(39,40)41)43(37,38)34-19-11-9-10-18-33/h12-17,20-23,34H,5-11,18-19,33H2,1-4H3,(H,39,40,41). The average molecular weight is 645 g/mol.